The second-order valence-electron chi connectivity index (χ2n) is 7.29. The Kier molecular flexibility index (Phi) is 5.53. The molecule has 2 aromatic heterocycles. The van der Waals surface area contributed by atoms with Crippen LogP contribution in [0.3, 0.4) is 0 Å². The SMILES string of the molecule is O=C(NCC1CCC(Cc2ccnc3c(Br)cccc23)CC1)c1ccon1. The van der Waals surface area contributed by atoms with Gasteiger partial charge in [-0.2, -0.15) is 0 Å². The van der Waals surface area contributed by atoms with Crippen molar-refractivity contribution in [1.82, 2.24) is 15.5 Å². The molecule has 1 aliphatic rings. The number of fused-ring (bicyclic) bond motifs is 1. The standard InChI is InChI=1S/C21H22BrN3O2/c22-18-3-1-2-17-16(8-10-23-20(17)18)12-14-4-6-15(7-5-14)13-24-21(26)19-9-11-27-25-19/h1-3,8-11,14-15H,4-7,12-13H2,(H,24,26). The van der Waals surface area contributed by atoms with Crippen molar-refractivity contribution < 1.29 is 9.32 Å². The van der Waals surface area contributed by atoms with Crippen LogP contribution in [0.5, 0.6) is 0 Å². The van der Waals surface area contributed by atoms with Gasteiger partial charge in [0.1, 0.15) is 6.26 Å². The minimum absolute atomic E-state index is 0.153. The van der Waals surface area contributed by atoms with Gasteiger partial charge in [-0.25, -0.2) is 0 Å². The van der Waals surface area contributed by atoms with Crippen LogP contribution in [0.25, 0.3) is 10.9 Å². The molecule has 6 heteroatoms. The largest absolute Gasteiger partial charge is 0.364 e. The number of carbonyl (C=O) groups excluding carboxylic acids is 1. The summed E-state index contributed by atoms with van der Waals surface area (Å²) in [6, 6.07) is 10.0. The van der Waals surface area contributed by atoms with Crippen LogP contribution in [0.4, 0.5) is 0 Å². The number of amides is 1. The van der Waals surface area contributed by atoms with Crippen molar-refractivity contribution in [1.29, 1.82) is 0 Å². The van der Waals surface area contributed by atoms with Crippen LogP contribution >= 0.6 is 15.9 Å². The summed E-state index contributed by atoms with van der Waals surface area (Å²) in [5.74, 6) is 1.08. The van der Waals surface area contributed by atoms with Gasteiger partial charge in [0, 0.05) is 28.7 Å². The van der Waals surface area contributed by atoms with E-state index in [1.54, 1.807) is 6.07 Å². The van der Waals surface area contributed by atoms with Gasteiger partial charge < -0.3 is 9.84 Å². The van der Waals surface area contributed by atoms with E-state index in [9.17, 15) is 4.79 Å². The summed E-state index contributed by atoms with van der Waals surface area (Å²) >= 11 is 3.60. The summed E-state index contributed by atoms with van der Waals surface area (Å²) in [6.45, 7) is 0.712. The smallest absolute Gasteiger partial charge is 0.273 e. The summed E-state index contributed by atoms with van der Waals surface area (Å²) in [6.07, 6.45) is 9.11. The highest BCUT2D eigenvalue weighted by molar-refractivity contribution is 9.10. The number of aromatic nitrogens is 2. The van der Waals surface area contributed by atoms with Crippen LogP contribution in [0.2, 0.25) is 0 Å². The summed E-state index contributed by atoms with van der Waals surface area (Å²) in [7, 11) is 0. The Morgan fingerprint density at radius 2 is 1.96 bits per heavy atom. The Labute approximate surface area is 166 Å². The number of hydrogen-bond acceptors (Lipinski definition) is 4. The molecule has 0 aliphatic heterocycles. The van der Waals surface area contributed by atoms with E-state index in [1.807, 2.05) is 12.3 Å². The highest BCUT2D eigenvalue weighted by Crippen LogP contribution is 2.33. The van der Waals surface area contributed by atoms with E-state index in [4.69, 9.17) is 4.52 Å². The zero-order valence-corrected chi connectivity index (χ0v) is 16.6. The Hall–Kier alpha value is -2.21. The molecule has 1 saturated carbocycles. The molecule has 5 nitrogen and oxygen atoms in total. The second kappa shape index (κ2) is 8.21. The van der Waals surface area contributed by atoms with E-state index in [1.165, 1.54) is 30.1 Å². The minimum atomic E-state index is -0.153. The van der Waals surface area contributed by atoms with Crippen molar-refractivity contribution in [3.8, 4) is 0 Å². The highest BCUT2D eigenvalue weighted by Gasteiger charge is 2.23. The normalized spacial score (nSPS) is 19.9. The minimum Gasteiger partial charge on any atom is -0.364 e. The fraction of sp³-hybridized carbons (Fsp3) is 0.381. The molecule has 1 N–H and O–H groups in total. The molecule has 0 bridgehead atoms. The summed E-state index contributed by atoms with van der Waals surface area (Å²) < 4.78 is 5.77. The number of para-hydroxylation sites is 1. The van der Waals surface area contributed by atoms with Crippen molar-refractivity contribution in [2.75, 3.05) is 6.54 Å². The third kappa shape index (κ3) is 4.21. The average molecular weight is 428 g/mol. The van der Waals surface area contributed by atoms with Crippen molar-refractivity contribution in [2.45, 2.75) is 32.1 Å². The Morgan fingerprint density at radius 3 is 2.74 bits per heavy atom. The van der Waals surface area contributed by atoms with Gasteiger partial charge >= 0.3 is 0 Å². The second-order valence-corrected chi connectivity index (χ2v) is 8.15. The third-order valence-electron chi connectivity index (χ3n) is 5.51. The van der Waals surface area contributed by atoms with E-state index < -0.39 is 0 Å². The molecule has 1 aliphatic carbocycles. The Balaban J connectivity index is 1.31. The van der Waals surface area contributed by atoms with Crippen LogP contribution in [-0.2, 0) is 6.42 Å². The first-order valence-electron chi connectivity index (χ1n) is 9.41. The van der Waals surface area contributed by atoms with Crippen LogP contribution in [0, 0.1) is 11.8 Å². The fourth-order valence-corrected chi connectivity index (χ4v) is 4.45. The summed E-state index contributed by atoms with van der Waals surface area (Å²) in [5, 5.41) is 7.89. The molecule has 0 atom stereocenters. The van der Waals surface area contributed by atoms with Gasteiger partial charge in [-0.3, -0.25) is 9.78 Å². The molecule has 0 radical (unpaired) electrons. The van der Waals surface area contributed by atoms with Gasteiger partial charge in [0.05, 0.1) is 5.52 Å². The topological polar surface area (TPSA) is 68.0 Å². The molecule has 140 valence electrons. The van der Waals surface area contributed by atoms with Gasteiger partial charge in [0.15, 0.2) is 5.69 Å². The van der Waals surface area contributed by atoms with Crippen molar-refractivity contribution in [2.24, 2.45) is 11.8 Å². The molecule has 3 aromatic rings. The number of nitrogens with zero attached hydrogens (tertiary/aromatic N) is 2. The van der Waals surface area contributed by atoms with Gasteiger partial charge in [-0.1, -0.05) is 17.3 Å². The fourth-order valence-electron chi connectivity index (χ4n) is 3.98. The molecular formula is C21H22BrN3O2. The van der Waals surface area contributed by atoms with Crippen molar-refractivity contribution in [3.63, 3.8) is 0 Å². The summed E-state index contributed by atoms with van der Waals surface area (Å²) in [5.41, 5.74) is 2.77. The lowest BCUT2D eigenvalue weighted by Crippen LogP contribution is -2.31. The lowest BCUT2D eigenvalue weighted by molar-refractivity contribution is 0.0932. The van der Waals surface area contributed by atoms with E-state index in [2.05, 4.69) is 49.6 Å². The van der Waals surface area contributed by atoms with E-state index >= 15 is 0 Å². The molecule has 4 rings (SSSR count). The first-order chi connectivity index (χ1) is 13.2. The molecule has 1 aromatic carbocycles. The van der Waals surface area contributed by atoms with E-state index in [0.29, 0.717) is 24.1 Å². The molecule has 0 spiro atoms. The molecule has 0 saturated heterocycles. The van der Waals surface area contributed by atoms with Gasteiger partial charge in [0.2, 0.25) is 0 Å². The van der Waals surface area contributed by atoms with E-state index in [0.717, 1.165) is 29.3 Å². The van der Waals surface area contributed by atoms with Crippen LogP contribution in [0.15, 0.2) is 51.8 Å². The van der Waals surface area contributed by atoms with Crippen LogP contribution < -0.4 is 5.32 Å². The van der Waals surface area contributed by atoms with Crippen LogP contribution in [-0.4, -0.2) is 22.6 Å². The first kappa shape index (κ1) is 18.2. The Morgan fingerprint density at radius 1 is 1.15 bits per heavy atom. The van der Waals surface area contributed by atoms with Gasteiger partial charge in [0.25, 0.3) is 5.91 Å². The number of pyridine rings is 1. The van der Waals surface area contributed by atoms with Crippen LogP contribution in [0.1, 0.15) is 41.7 Å². The summed E-state index contributed by atoms with van der Waals surface area (Å²) in [4.78, 5) is 16.5. The van der Waals surface area contributed by atoms with E-state index in [-0.39, 0.29) is 5.91 Å². The molecule has 2 heterocycles. The molecule has 1 amide bonds. The quantitative estimate of drug-likeness (QED) is 0.636. The lowest BCUT2D eigenvalue weighted by Gasteiger charge is -2.29. The number of carbonyl (C=O) groups is 1. The average Bonchev–Trinajstić information content (AvgIpc) is 3.23. The molecule has 0 unspecified atom stereocenters. The number of hydrogen-bond donors (Lipinski definition) is 1. The maximum atomic E-state index is 12.0. The predicted octanol–water partition coefficient (Wildman–Crippen LogP) is 4.76. The molecule has 1 fully saturated rings. The zero-order valence-electron chi connectivity index (χ0n) is 15.0. The Bertz CT molecular complexity index is 918. The van der Waals surface area contributed by atoms with Gasteiger partial charge in [-0.05, 0) is 77.6 Å². The predicted molar refractivity (Wildman–Crippen MR) is 107 cm³/mol. The van der Waals surface area contributed by atoms with Gasteiger partial charge in [-0.15, -0.1) is 0 Å². The number of rotatable bonds is 5. The number of benzene rings is 1. The molecule has 27 heavy (non-hydrogen) atoms. The van der Waals surface area contributed by atoms with Crippen molar-refractivity contribution >= 4 is 32.7 Å². The highest BCUT2D eigenvalue weighted by atomic mass is 79.9. The third-order valence-corrected chi connectivity index (χ3v) is 6.15. The lowest BCUT2D eigenvalue weighted by atomic mass is 9.79. The maximum Gasteiger partial charge on any atom is 0.273 e. The first-order valence-corrected chi connectivity index (χ1v) is 10.2. The number of halogens is 1. The zero-order chi connectivity index (χ0) is 18.6. The van der Waals surface area contributed by atoms with Crippen molar-refractivity contribution in [3.05, 3.63) is 58.5 Å². The monoisotopic (exact) mass is 427 g/mol. The number of nitrogens with one attached hydrogen (secondary N) is 1. The molecular weight excluding hydrogens is 406 g/mol. The maximum absolute atomic E-state index is 12.0.